The van der Waals surface area contributed by atoms with Gasteiger partial charge in [-0.05, 0) is 19.4 Å². The Morgan fingerprint density at radius 2 is 2.04 bits per heavy atom. The van der Waals surface area contributed by atoms with Crippen LogP contribution in [0.5, 0.6) is 0 Å². The molecule has 1 aliphatic heterocycles. The molecule has 0 aliphatic carbocycles. The number of anilines is 1. The Bertz CT molecular complexity index is 740. The summed E-state index contributed by atoms with van der Waals surface area (Å²) in [4.78, 5) is 31.7. The lowest BCUT2D eigenvalue weighted by atomic mass is 9.98. The van der Waals surface area contributed by atoms with Gasteiger partial charge in [-0.15, -0.1) is 11.3 Å². The monoisotopic (exact) mass is 345 g/mol. The summed E-state index contributed by atoms with van der Waals surface area (Å²) in [5.74, 6) is -0.439. The first-order valence-corrected chi connectivity index (χ1v) is 8.46. The Morgan fingerprint density at radius 1 is 1.33 bits per heavy atom. The summed E-state index contributed by atoms with van der Waals surface area (Å²) in [5.41, 5.74) is 1.76. The predicted octanol–water partition coefficient (Wildman–Crippen LogP) is 2.30. The van der Waals surface area contributed by atoms with Gasteiger partial charge in [0, 0.05) is 11.9 Å². The molecule has 0 spiro atoms. The van der Waals surface area contributed by atoms with Crippen molar-refractivity contribution in [3.8, 4) is 0 Å². The fraction of sp³-hybridized carbons (Fsp3) is 0.353. The molecule has 0 bridgehead atoms. The van der Waals surface area contributed by atoms with E-state index in [9.17, 15) is 9.59 Å². The van der Waals surface area contributed by atoms with Crippen LogP contribution in [0.25, 0.3) is 0 Å². The van der Waals surface area contributed by atoms with E-state index >= 15 is 0 Å². The molecule has 126 valence electrons. The van der Waals surface area contributed by atoms with Crippen LogP contribution < -0.4 is 5.32 Å². The van der Waals surface area contributed by atoms with E-state index in [1.807, 2.05) is 44.2 Å². The van der Waals surface area contributed by atoms with Crippen LogP contribution >= 0.6 is 11.3 Å². The van der Waals surface area contributed by atoms with Gasteiger partial charge in [0.25, 0.3) is 5.91 Å². The van der Waals surface area contributed by atoms with Gasteiger partial charge in [0.1, 0.15) is 6.61 Å². The highest BCUT2D eigenvalue weighted by atomic mass is 32.1. The number of nitrogens with zero attached hydrogens (tertiary/aromatic N) is 2. The van der Waals surface area contributed by atoms with Crippen molar-refractivity contribution in [3.05, 3.63) is 46.5 Å². The lowest BCUT2D eigenvalue weighted by Gasteiger charge is -2.38. The number of nitrogens with one attached hydrogen (secondary N) is 1. The first-order valence-electron chi connectivity index (χ1n) is 7.64. The van der Waals surface area contributed by atoms with Crippen LogP contribution in [0.1, 0.15) is 22.2 Å². The Kier molecular flexibility index (Phi) is 4.64. The van der Waals surface area contributed by atoms with E-state index in [1.54, 1.807) is 11.9 Å². The van der Waals surface area contributed by atoms with Crippen LogP contribution in [-0.4, -0.2) is 41.5 Å². The molecule has 2 atom stereocenters. The SMILES string of the molecule is Cc1nc(NC(=O)[C@H]2OCC(=O)N(C)[C@H]2c2ccccc2)sc1C. The van der Waals surface area contributed by atoms with Crippen molar-refractivity contribution in [1.82, 2.24) is 9.88 Å². The van der Waals surface area contributed by atoms with Crippen molar-refractivity contribution in [2.45, 2.75) is 26.0 Å². The standard InChI is InChI=1S/C17H19N3O3S/c1-10-11(2)24-17(18-10)19-16(22)15-14(12-7-5-4-6-8-12)20(3)13(21)9-23-15/h4-8,14-15H,9H2,1-3H3,(H,18,19,22)/t14-,15-/m0/s1. The molecule has 0 radical (unpaired) electrons. The fourth-order valence-corrected chi connectivity index (χ4v) is 3.50. The normalized spacial score (nSPS) is 21.0. The summed E-state index contributed by atoms with van der Waals surface area (Å²) >= 11 is 1.43. The number of carbonyl (C=O) groups is 2. The van der Waals surface area contributed by atoms with Gasteiger partial charge in [-0.1, -0.05) is 30.3 Å². The van der Waals surface area contributed by atoms with Crippen molar-refractivity contribution in [1.29, 1.82) is 0 Å². The number of benzene rings is 1. The number of aryl methyl sites for hydroxylation is 2. The largest absolute Gasteiger partial charge is 0.356 e. The van der Waals surface area contributed by atoms with Crippen molar-refractivity contribution >= 4 is 28.3 Å². The summed E-state index contributed by atoms with van der Waals surface area (Å²) in [6.45, 7) is 3.75. The maximum atomic E-state index is 12.7. The van der Waals surface area contributed by atoms with E-state index in [4.69, 9.17) is 4.74 Å². The predicted molar refractivity (Wildman–Crippen MR) is 91.9 cm³/mol. The molecule has 6 nitrogen and oxygen atoms in total. The third-order valence-corrected chi connectivity index (χ3v) is 5.13. The zero-order valence-electron chi connectivity index (χ0n) is 13.8. The summed E-state index contributed by atoms with van der Waals surface area (Å²) < 4.78 is 5.57. The second kappa shape index (κ2) is 6.70. The Balaban J connectivity index is 1.86. The van der Waals surface area contributed by atoms with Crippen LogP contribution in [0.2, 0.25) is 0 Å². The number of amides is 2. The smallest absolute Gasteiger partial charge is 0.257 e. The molecule has 1 N–H and O–H groups in total. The molecule has 0 saturated carbocycles. The van der Waals surface area contributed by atoms with Crippen LogP contribution in [-0.2, 0) is 14.3 Å². The summed E-state index contributed by atoms with van der Waals surface area (Å²) in [6, 6.07) is 8.97. The quantitative estimate of drug-likeness (QED) is 0.926. The van der Waals surface area contributed by atoms with E-state index < -0.39 is 12.1 Å². The van der Waals surface area contributed by atoms with Gasteiger partial charge >= 0.3 is 0 Å². The number of ether oxygens (including phenoxy) is 1. The van der Waals surface area contributed by atoms with Gasteiger partial charge in [0.2, 0.25) is 5.91 Å². The van der Waals surface area contributed by atoms with Gasteiger partial charge in [0.05, 0.1) is 11.7 Å². The second-order valence-corrected chi connectivity index (χ2v) is 6.94. The molecule has 2 heterocycles. The first-order chi connectivity index (χ1) is 11.5. The van der Waals surface area contributed by atoms with Gasteiger partial charge < -0.3 is 9.64 Å². The minimum Gasteiger partial charge on any atom is -0.356 e. The number of carbonyl (C=O) groups excluding carboxylic acids is 2. The van der Waals surface area contributed by atoms with Gasteiger partial charge in [-0.25, -0.2) is 4.98 Å². The Labute approximate surface area is 144 Å². The number of hydrogen-bond donors (Lipinski definition) is 1. The molecule has 1 fully saturated rings. The maximum Gasteiger partial charge on any atom is 0.257 e. The number of hydrogen-bond acceptors (Lipinski definition) is 5. The first kappa shape index (κ1) is 16.6. The van der Waals surface area contributed by atoms with Crippen molar-refractivity contribution in [2.75, 3.05) is 19.0 Å². The zero-order valence-corrected chi connectivity index (χ0v) is 14.6. The maximum absolute atomic E-state index is 12.7. The highest BCUT2D eigenvalue weighted by Crippen LogP contribution is 2.30. The van der Waals surface area contributed by atoms with E-state index in [2.05, 4.69) is 10.3 Å². The molecule has 1 saturated heterocycles. The lowest BCUT2D eigenvalue weighted by Crippen LogP contribution is -2.51. The molecule has 2 aromatic rings. The van der Waals surface area contributed by atoms with Gasteiger partial charge in [-0.2, -0.15) is 0 Å². The van der Waals surface area contributed by atoms with Crippen LogP contribution in [0.4, 0.5) is 5.13 Å². The average Bonchev–Trinajstić information content (AvgIpc) is 2.88. The molecular weight excluding hydrogens is 326 g/mol. The topological polar surface area (TPSA) is 71.5 Å². The van der Waals surface area contributed by atoms with Crippen LogP contribution in [0.15, 0.2) is 30.3 Å². The molecule has 1 aliphatic rings. The number of morpholine rings is 1. The molecule has 3 rings (SSSR count). The number of rotatable bonds is 3. The van der Waals surface area contributed by atoms with Crippen LogP contribution in [0.3, 0.4) is 0 Å². The highest BCUT2D eigenvalue weighted by Gasteiger charge is 2.40. The third kappa shape index (κ3) is 3.18. The van der Waals surface area contributed by atoms with Gasteiger partial charge in [0.15, 0.2) is 11.2 Å². The summed E-state index contributed by atoms with van der Waals surface area (Å²) in [5, 5.41) is 3.36. The van der Waals surface area contributed by atoms with Crippen molar-refractivity contribution in [3.63, 3.8) is 0 Å². The molecule has 1 aromatic carbocycles. The highest BCUT2D eigenvalue weighted by molar-refractivity contribution is 7.15. The molecule has 0 unspecified atom stereocenters. The fourth-order valence-electron chi connectivity index (χ4n) is 2.68. The van der Waals surface area contributed by atoms with Crippen LogP contribution in [0, 0.1) is 13.8 Å². The summed E-state index contributed by atoms with van der Waals surface area (Å²) in [7, 11) is 1.69. The third-order valence-electron chi connectivity index (χ3n) is 4.14. The molecular formula is C17H19N3O3S. The summed E-state index contributed by atoms with van der Waals surface area (Å²) in [6.07, 6.45) is -0.778. The minimum absolute atomic E-state index is 0.103. The van der Waals surface area contributed by atoms with Crippen molar-refractivity contribution in [2.24, 2.45) is 0 Å². The van der Waals surface area contributed by atoms with E-state index in [-0.39, 0.29) is 18.4 Å². The number of thiazole rings is 1. The Morgan fingerprint density at radius 3 is 2.67 bits per heavy atom. The molecule has 2 amide bonds. The van der Waals surface area contributed by atoms with E-state index in [0.717, 1.165) is 16.1 Å². The average molecular weight is 345 g/mol. The zero-order chi connectivity index (χ0) is 17.3. The second-order valence-electron chi connectivity index (χ2n) is 5.74. The minimum atomic E-state index is -0.778. The number of aromatic nitrogens is 1. The van der Waals surface area contributed by atoms with Gasteiger partial charge in [-0.3, -0.25) is 14.9 Å². The molecule has 1 aromatic heterocycles. The lowest BCUT2D eigenvalue weighted by molar-refractivity contribution is -0.160. The van der Waals surface area contributed by atoms with Crippen molar-refractivity contribution < 1.29 is 14.3 Å². The van der Waals surface area contributed by atoms with E-state index in [1.165, 1.54) is 11.3 Å². The molecule has 24 heavy (non-hydrogen) atoms. The number of likely N-dealkylation sites (N-methyl/N-ethyl adjacent to an activating group) is 1. The Hall–Kier alpha value is -2.25. The van der Waals surface area contributed by atoms with E-state index in [0.29, 0.717) is 5.13 Å². The molecule has 7 heteroatoms.